The summed E-state index contributed by atoms with van der Waals surface area (Å²) in [5.74, 6) is -1.67. The van der Waals surface area contributed by atoms with Crippen molar-refractivity contribution < 1.29 is 53.8 Å². The van der Waals surface area contributed by atoms with Crippen LogP contribution in [0.3, 0.4) is 0 Å². The second kappa shape index (κ2) is 11.4. The molecule has 6 rings (SSSR count). The smallest absolute Gasteiger partial charge is 0.440 e. The van der Waals surface area contributed by atoms with Crippen LogP contribution in [0, 0.1) is 12.7 Å². The number of alkyl halides is 5. The molecular weight excluding hydrogens is 668 g/mol. The Hall–Kier alpha value is -4.83. The maximum absolute atomic E-state index is 15.2. The van der Waals surface area contributed by atoms with Gasteiger partial charge >= 0.3 is 12.5 Å². The third-order valence-corrected chi connectivity index (χ3v) is 8.69. The number of imidazole rings is 1. The number of aryl methyl sites for hydroxylation is 1. The maximum atomic E-state index is 15.2. The van der Waals surface area contributed by atoms with E-state index < -0.39 is 50.9 Å². The molecule has 0 saturated heterocycles. The average Bonchev–Trinajstić information content (AvgIpc) is 3.69. The van der Waals surface area contributed by atoms with Gasteiger partial charge in [-0.2, -0.15) is 13.2 Å². The first-order valence-corrected chi connectivity index (χ1v) is 16.1. The van der Waals surface area contributed by atoms with Crippen LogP contribution in [0.25, 0.3) is 39.4 Å². The normalized spacial score (nSPS) is 14.2. The number of aromatic nitrogens is 3. The van der Waals surface area contributed by atoms with E-state index in [2.05, 4.69) is 19.4 Å². The summed E-state index contributed by atoms with van der Waals surface area (Å²) in [7, 11) is -4.01. The zero-order valence-corrected chi connectivity index (χ0v) is 26.3. The van der Waals surface area contributed by atoms with Gasteiger partial charge in [0.25, 0.3) is 0 Å². The molecule has 0 saturated carbocycles. The van der Waals surface area contributed by atoms with E-state index in [1.807, 2.05) is 0 Å². The van der Waals surface area contributed by atoms with Crippen LogP contribution in [0.1, 0.15) is 42.7 Å². The Bertz CT molecular complexity index is 2190. The zero-order valence-electron chi connectivity index (χ0n) is 25.5. The minimum absolute atomic E-state index is 0.0335. The molecule has 1 aliphatic rings. The Morgan fingerprint density at radius 2 is 1.65 bits per heavy atom. The highest BCUT2D eigenvalue weighted by molar-refractivity contribution is 7.90. The predicted molar refractivity (Wildman–Crippen MR) is 159 cm³/mol. The van der Waals surface area contributed by atoms with Crippen LogP contribution in [-0.2, 0) is 22.6 Å². The topological polar surface area (TPSA) is 117 Å². The van der Waals surface area contributed by atoms with Gasteiger partial charge in [-0.15, -0.1) is 8.78 Å². The highest BCUT2D eigenvalue weighted by atomic mass is 32.2. The number of rotatable bonds is 7. The van der Waals surface area contributed by atoms with E-state index in [0.717, 1.165) is 18.5 Å². The van der Waals surface area contributed by atoms with Crippen molar-refractivity contribution in [1.82, 2.24) is 14.5 Å². The third-order valence-electron chi connectivity index (χ3n) is 7.53. The molecule has 1 aliphatic heterocycles. The van der Waals surface area contributed by atoms with Crippen LogP contribution >= 0.6 is 0 Å². The number of halogens is 6. The van der Waals surface area contributed by atoms with Crippen LogP contribution in [0.4, 0.5) is 26.3 Å². The first kappa shape index (κ1) is 33.1. The van der Waals surface area contributed by atoms with Crippen molar-refractivity contribution in [1.29, 1.82) is 0 Å². The second-order valence-corrected chi connectivity index (χ2v) is 13.3. The van der Waals surface area contributed by atoms with Gasteiger partial charge in [0.2, 0.25) is 0 Å². The van der Waals surface area contributed by atoms with Crippen LogP contribution in [-0.4, -0.2) is 40.6 Å². The Kier molecular flexibility index (Phi) is 7.86. The van der Waals surface area contributed by atoms with Crippen molar-refractivity contribution in [3.8, 4) is 50.9 Å². The van der Waals surface area contributed by atoms with E-state index >= 15 is 4.39 Å². The number of aliphatic hydroxyl groups excluding tert-OH is 1. The van der Waals surface area contributed by atoms with Crippen LogP contribution in [0.2, 0.25) is 0 Å². The monoisotopic (exact) mass is 693 g/mol. The Labute approximate surface area is 269 Å². The van der Waals surface area contributed by atoms with Crippen LogP contribution < -0.4 is 9.47 Å². The molecule has 0 aliphatic carbocycles. The molecule has 3 aromatic carbocycles. The van der Waals surface area contributed by atoms with E-state index in [-0.39, 0.29) is 68.5 Å². The van der Waals surface area contributed by atoms with E-state index in [0.29, 0.717) is 0 Å². The highest BCUT2D eigenvalue weighted by Gasteiger charge is 2.43. The van der Waals surface area contributed by atoms with Crippen molar-refractivity contribution in [2.75, 3.05) is 6.26 Å². The van der Waals surface area contributed by atoms with Crippen LogP contribution in [0.5, 0.6) is 11.5 Å². The molecular formula is C32H25F6N3O6S. The molecule has 0 spiro atoms. The lowest BCUT2D eigenvalue weighted by Crippen LogP contribution is -2.25. The molecule has 252 valence electrons. The molecule has 5 aromatic rings. The first-order chi connectivity index (χ1) is 22.4. The molecule has 0 amide bonds. The molecule has 3 heterocycles. The molecule has 0 atom stereocenters. The predicted octanol–water partition coefficient (Wildman–Crippen LogP) is 7.67. The van der Waals surface area contributed by atoms with Gasteiger partial charge in [-0.25, -0.2) is 22.8 Å². The molecule has 0 radical (unpaired) electrons. The van der Waals surface area contributed by atoms with Gasteiger partial charge in [0.05, 0.1) is 17.2 Å². The fourth-order valence-corrected chi connectivity index (χ4v) is 6.23. The lowest BCUT2D eigenvalue weighted by Gasteiger charge is -2.15. The summed E-state index contributed by atoms with van der Waals surface area (Å²) in [6.07, 6.45) is -7.04. The molecule has 0 fully saturated rings. The van der Waals surface area contributed by atoms with E-state index in [4.69, 9.17) is 4.42 Å². The highest BCUT2D eigenvalue weighted by Crippen LogP contribution is 2.46. The summed E-state index contributed by atoms with van der Waals surface area (Å²) in [6, 6.07) is 10.4. The van der Waals surface area contributed by atoms with E-state index in [9.17, 15) is 35.5 Å². The number of hydrogen-bond donors (Lipinski definition) is 1. The minimum Gasteiger partial charge on any atom is -0.440 e. The fraction of sp³-hybridized carbons (Fsp3) is 0.250. The summed E-state index contributed by atoms with van der Waals surface area (Å²) in [5, 5.41) is 9.67. The summed E-state index contributed by atoms with van der Waals surface area (Å²) in [4.78, 5) is 7.85. The number of benzene rings is 3. The lowest BCUT2D eigenvalue weighted by atomic mass is 9.97. The molecule has 9 nitrogen and oxygen atoms in total. The van der Waals surface area contributed by atoms with Gasteiger partial charge in [-0.05, 0) is 60.5 Å². The summed E-state index contributed by atoms with van der Waals surface area (Å²) in [6.45, 7) is 4.01. The lowest BCUT2D eigenvalue weighted by molar-refractivity contribution is -0.286. The number of nitrogens with zero attached hydrogens (tertiary/aromatic N) is 3. The standard InChI is InChI=1S/C32H25F6N3O6S/c1-15(2)30-40-28(29(45-30)18-6-8-24-25(11-18)47-32(37,38)46-24)20-9-17(19-10-22(33)21(14-42)26(12-19)48(4,43)44)5-7-23(20)41-13-27(31(34,35)36)39-16(41)3/h5-13,15,42H,14H2,1-4H3. The number of fused-ring (bicyclic) bond motifs is 1. The largest absolute Gasteiger partial charge is 0.586 e. The zero-order chi connectivity index (χ0) is 34.9. The molecule has 0 unspecified atom stereocenters. The van der Waals surface area contributed by atoms with Gasteiger partial charge in [0.1, 0.15) is 17.3 Å². The van der Waals surface area contributed by atoms with Gasteiger partial charge in [-0.1, -0.05) is 19.9 Å². The van der Waals surface area contributed by atoms with E-state index in [1.165, 1.54) is 54.0 Å². The molecule has 16 heteroatoms. The SMILES string of the molecule is Cc1nc(C(F)(F)F)cn1-c1ccc(-c2cc(F)c(CO)c(S(C)(=O)=O)c2)cc1-c1nc(C(C)C)oc1-c1ccc2c(c1)OC(F)(F)O2. The average molecular weight is 694 g/mol. The quantitative estimate of drug-likeness (QED) is 0.173. The van der Waals surface area contributed by atoms with Crippen molar-refractivity contribution in [2.45, 2.75) is 50.7 Å². The molecule has 48 heavy (non-hydrogen) atoms. The number of ether oxygens (including phenoxy) is 2. The van der Waals surface area contributed by atoms with Crippen molar-refractivity contribution in [3.05, 3.63) is 83.5 Å². The number of aliphatic hydroxyl groups is 1. The Morgan fingerprint density at radius 1 is 0.958 bits per heavy atom. The molecule has 1 N–H and O–H groups in total. The number of sulfone groups is 1. The van der Waals surface area contributed by atoms with Gasteiger partial charge in [-0.3, -0.25) is 0 Å². The number of oxazole rings is 1. The second-order valence-electron chi connectivity index (χ2n) is 11.4. The van der Waals surface area contributed by atoms with Gasteiger partial charge < -0.3 is 23.6 Å². The first-order valence-electron chi connectivity index (χ1n) is 14.2. The number of hydrogen-bond acceptors (Lipinski definition) is 8. The Balaban J connectivity index is 1.63. The van der Waals surface area contributed by atoms with Crippen LogP contribution in [0.15, 0.2) is 64.0 Å². The van der Waals surface area contributed by atoms with Crippen molar-refractivity contribution in [2.24, 2.45) is 0 Å². The van der Waals surface area contributed by atoms with Crippen molar-refractivity contribution >= 4 is 9.84 Å². The summed E-state index contributed by atoms with van der Waals surface area (Å²) in [5.41, 5.74) is -0.766. The summed E-state index contributed by atoms with van der Waals surface area (Å²) < 4.78 is 125. The maximum Gasteiger partial charge on any atom is 0.586 e. The fourth-order valence-electron chi connectivity index (χ4n) is 5.28. The third kappa shape index (κ3) is 6.01. The van der Waals surface area contributed by atoms with Gasteiger partial charge in [0.15, 0.2) is 38.7 Å². The minimum atomic E-state index is -4.78. The summed E-state index contributed by atoms with van der Waals surface area (Å²) >= 11 is 0. The van der Waals surface area contributed by atoms with E-state index in [1.54, 1.807) is 13.8 Å². The molecule has 2 aromatic heterocycles. The Morgan fingerprint density at radius 3 is 2.27 bits per heavy atom. The molecule has 0 bridgehead atoms. The van der Waals surface area contributed by atoms with Gasteiger partial charge in [0, 0.05) is 35.1 Å². The van der Waals surface area contributed by atoms with Crippen molar-refractivity contribution in [3.63, 3.8) is 0 Å².